The molecule has 0 saturated carbocycles. The third kappa shape index (κ3) is 4.00. The molecule has 1 fully saturated rings. The minimum absolute atomic E-state index is 0.00362. The first-order chi connectivity index (χ1) is 13.6. The van der Waals surface area contributed by atoms with E-state index in [1.165, 1.54) is 4.90 Å². The number of ether oxygens (including phenoxy) is 1. The second-order valence-electron chi connectivity index (χ2n) is 7.16. The molecule has 146 valence electrons. The Hall–Kier alpha value is -2.51. The van der Waals surface area contributed by atoms with Crippen molar-refractivity contribution in [1.82, 2.24) is 9.97 Å². The maximum Gasteiger partial charge on any atom is 0.309 e. The number of carbonyl (C=O) groups excluding carboxylic acids is 1. The number of likely N-dealkylation sites (tertiary alicyclic amines) is 1. The Morgan fingerprint density at radius 2 is 2.04 bits per heavy atom. The fourth-order valence-corrected chi connectivity index (χ4v) is 4.80. The second-order valence-corrected chi connectivity index (χ2v) is 8.19. The van der Waals surface area contributed by atoms with Crippen molar-refractivity contribution in [1.29, 1.82) is 0 Å². The van der Waals surface area contributed by atoms with E-state index in [1.54, 1.807) is 11.3 Å². The zero-order valence-corrected chi connectivity index (χ0v) is 16.7. The van der Waals surface area contributed by atoms with E-state index >= 15 is 0 Å². The molecule has 2 N–H and O–H groups in total. The summed E-state index contributed by atoms with van der Waals surface area (Å²) in [5.41, 5.74) is 1.01. The number of hydrogen-bond acceptors (Lipinski definition) is 5. The largest absolute Gasteiger partial charge is 0.466 e. The van der Waals surface area contributed by atoms with Gasteiger partial charge in [0.15, 0.2) is 5.82 Å². The van der Waals surface area contributed by atoms with Gasteiger partial charge in [0.05, 0.1) is 31.0 Å². The average molecular weight is 399 g/mol. The summed E-state index contributed by atoms with van der Waals surface area (Å²) < 4.78 is 5.13. The maximum atomic E-state index is 12.5. The lowest BCUT2D eigenvalue weighted by Gasteiger charge is -2.27. The SMILES string of the molecule is CCOC(=O)C1CC[NH+](Cc2nc3sc(-c4ccccc4)cc3c(=O)[nH]2)CC1. The van der Waals surface area contributed by atoms with Crippen LogP contribution in [0.1, 0.15) is 25.6 Å². The molecule has 0 spiro atoms. The lowest BCUT2D eigenvalue weighted by atomic mass is 9.97. The molecule has 4 rings (SSSR count). The Kier molecular flexibility index (Phi) is 5.54. The van der Waals surface area contributed by atoms with Crippen LogP contribution >= 0.6 is 11.3 Å². The predicted molar refractivity (Wildman–Crippen MR) is 109 cm³/mol. The number of nitrogens with one attached hydrogen (secondary N) is 2. The Morgan fingerprint density at radius 1 is 1.29 bits per heavy atom. The van der Waals surface area contributed by atoms with Gasteiger partial charge in [0.2, 0.25) is 0 Å². The first-order valence-corrected chi connectivity index (χ1v) is 10.5. The van der Waals surface area contributed by atoms with Crippen LogP contribution in [0.3, 0.4) is 0 Å². The molecule has 7 heteroatoms. The van der Waals surface area contributed by atoms with E-state index in [9.17, 15) is 9.59 Å². The van der Waals surface area contributed by atoms with Gasteiger partial charge in [-0.05, 0) is 18.6 Å². The van der Waals surface area contributed by atoms with E-state index < -0.39 is 0 Å². The molecule has 3 aromatic rings. The third-order valence-electron chi connectivity index (χ3n) is 5.24. The van der Waals surface area contributed by atoms with E-state index in [-0.39, 0.29) is 17.4 Å². The molecular formula is C21H24N3O3S+. The summed E-state index contributed by atoms with van der Waals surface area (Å²) in [4.78, 5) is 35.2. The Morgan fingerprint density at radius 3 is 2.75 bits per heavy atom. The summed E-state index contributed by atoms with van der Waals surface area (Å²) >= 11 is 1.55. The lowest BCUT2D eigenvalue weighted by Crippen LogP contribution is -3.12. The fourth-order valence-electron chi connectivity index (χ4n) is 3.74. The van der Waals surface area contributed by atoms with E-state index in [0.717, 1.165) is 41.2 Å². The van der Waals surface area contributed by atoms with Gasteiger partial charge in [-0.15, -0.1) is 11.3 Å². The van der Waals surface area contributed by atoms with Crippen LogP contribution in [0.15, 0.2) is 41.2 Å². The smallest absolute Gasteiger partial charge is 0.309 e. The van der Waals surface area contributed by atoms with Gasteiger partial charge in [0.1, 0.15) is 11.4 Å². The normalized spacial score (nSPS) is 19.6. The number of hydrogen-bond donors (Lipinski definition) is 2. The van der Waals surface area contributed by atoms with Gasteiger partial charge in [-0.2, -0.15) is 0 Å². The van der Waals surface area contributed by atoms with Crippen LogP contribution < -0.4 is 10.5 Å². The van der Waals surface area contributed by atoms with Crippen molar-refractivity contribution in [3.63, 3.8) is 0 Å². The van der Waals surface area contributed by atoms with Crippen LogP contribution in [0.5, 0.6) is 0 Å². The Balaban J connectivity index is 1.48. The second kappa shape index (κ2) is 8.24. The van der Waals surface area contributed by atoms with E-state index in [2.05, 4.69) is 4.98 Å². The lowest BCUT2D eigenvalue weighted by molar-refractivity contribution is -0.920. The number of aromatic amines is 1. The monoisotopic (exact) mass is 398 g/mol. The van der Waals surface area contributed by atoms with Crippen molar-refractivity contribution in [3.05, 3.63) is 52.6 Å². The molecular weight excluding hydrogens is 374 g/mol. The molecule has 0 aliphatic carbocycles. The zero-order chi connectivity index (χ0) is 19.5. The molecule has 1 aliphatic heterocycles. The van der Waals surface area contributed by atoms with Crippen molar-refractivity contribution in [3.8, 4) is 10.4 Å². The number of quaternary nitrogens is 1. The molecule has 0 radical (unpaired) electrons. The molecule has 3 heterocycles. The summed E-state index contributed by atoms with van der Waals surface area (Å²) in [6.07, 6.45) is 1.63. The molecule has 2 aromatic heterocycles. The van der Waals surface area contributed by atoms with Crippen LogP contribution in [0, 0.1) is 5.92 Å². The van der Waals surface area contributed by atoms with Crippen molar-refractivity contribution in [2.75, 3.05) is 19.7 Å². The first-order valence-electron chi connectivity index (χ1n) is 9.72. The number of fused-ring (bicyclic) bond motifs is 1. The summed E-state index contributed by atoms with van der Waals surface area (Å²) in [6.45, 7) is 4.70. The molecule has 1 aromatic carbocycles. The molecule has 28 heavy (non-hydrogen) atoms. The molecule has 6 nitrogen and oxygen atoms in total. The number of thiophene rings is 1. The van der Waals surface area contributed by atoms with Gasteiger partial charge in [-0.25, -0.2) is 4.98 Å². The number of esters is 1. The number of nitrogens with zero attached hydrogens (tertiary/aromatic N) is 1. The zero-order valence-electron chi connectivity index (χ0n) is 15.9. The Labute approximate surface area is 167 Å². The fraction of sp³-hybridized carbons (Fsp3) is 0.381. The molecule has 0 bridgehead atoms. The van der Waals surface area contributed by atoms with Crippen molar-refractivity contribution in [2.45, 2.75) is 26.3 Å². The number of H-pyrrole nitrogens is 1. The topological polar surface area (TPSA) is 76.5 Å². The highest BCUT2D eigenvalue weighted by Crippen LogP contribution is 2.30. The minimum Gasteiger partial charge on any atom is -0.466 e. The van der Waals surface area contributed by atoms with Gasteiger partial charge >= 0.3 is 5.97 Å². The molecule has 1 aliphatic rings. The molecule has 0 unspecified atom stereocenters. The number of carbonyl (C=O) groups is 1. The summed E-state index contributed by atoms with van der Waals surface area (Å²) in [5, 5.41) is 0.642. The van der Waals surface area contributed by atoms with E-state index in [1.807, 2.05) is 43.3 Å². The highest BCUT2D eigenvalue weighted by molar-refractivity contribution is 7.21. The van der Waals surface area contributed by atoms with Gasteiger partial charge in [0, 0.05) is 17.7 Å². The number of piperidine rings is 1. The van der Waals surface area contributed by atoms with E-state index in [0.29, 0.717) is 24.4 Å². The standard InChI is InChI=1S/C21H23N3O3S/c1-2-27-21(26)15-8-10-24(11-9-15)13-18-22-19(25)16-12-17(28-20(16)23-18)14-6-4-3-5-7-14/h3-7,12,15H,2,8-11,13H2,1H3,(H,22,23,25)/p+1. The Bertz CT molecular complexity index is 1020. The average Bonchev–Trinajstić information content (AvgIpc) is 3.14. The van der Waals surface area contributed by atoms with Gasteiger partial charge in [0.25, 0.3) is 5.56 Å². The van der Waals surface area contributed by atoms with Crippen LogP contribution in [-0.4, -0.2) is 35.6 Å². The van der Waals surface area contributed by atoms with Gasteiger partial charge in [-0.3, -0.25) is 9.59 Å². The molecule has 0 amide bonds. The molecule has 0 atom stereocenters. The van der Waals surface area contributed by atoms with Gasteiger partial charge in [-0.1, -0.05) is 30.3 Å². The summed E-state index contributed by atoms with van der Waals surface area (Å²) in [5.74, 6) is 0.633. The van der Waals surface area contributed by atoms with Crippen LogP contribution in [0.4, 0.5) is 0 Å². The van der Waals surface area contributed by atoms with Crippen molar-refractivity contribution >= 4 is 27.5 Å². The summed E-state index contributed by atoms with van der Waals surface area (Å²) in [7, 11) is 0. The number of benzene rings is 1. The highest BCUT2D eigenvalue weighted by Gasteiger charge is 2.28. The van der Waals surface area contributed by atoms with Crippen LogP contribution in [0.25, 0.3) is 20.7 Å². The minimum atomic E-state index is -0.0840. The van der Waals surface area contributed by atoms with Crippen LogP contribution in [-0.2, 0) is 16.1 Å². The number of aromatic nitrogens is 2. The van der Waals surface area contributed by atoms with Crippen molar-refractivity contribution < 1.29 is 14.4 Å². The van der Waals surface area contributed by atoms with E-state index in [4.69, 9.17) is 9.72 Å². The summed E-state index contributed by atoms with van der Waals surface area (Å²) in [6, 6.07) is 12.0. The highest BCUT2D eigenvalue weighted by atomic mass is 32.1. The third-order valence-corrected chi connectivity index (χ3v) is 6.32. The van der Waals surface area contributed by atoms with Crippen LogP contribution in [0.2, 0.25) is 0 Å². The predicted octanol–water partition coefficient (Wildman–Crippen LogP) is 2.01. The first kappa shape index (κ1) is 18.8. The van der Waals surface area contributed by atoms with Crippen molar-refractivity contribution in [2.24, 2.45) is 5.92 Å². The maximum absolute atomic E-state index is 12.5. The quantitative estimate of drug-likeness (QED) is 0.645. The molecule has 1 saturated heterocycles. The van der Waals surface area contributed by atoms with Gasteiger partial charge < -0.3 is 14.6 Å². The number of rotatable bonds is 5.